The van der Waals surface area contributed by atoms with Gasteiger partial charge < -0.3 is 15.8 Å². The molecule has 2 atom stereocenters. The predicted molar refractivity (Wildman–Crippen MR) is 66.0 cm³/mol. The molecular weight excluding hydrogens is 216 g/mol. The number of nitrogens with one attached hydrogen (secondary N) is 1. The number of ether oxygens (including phenoxy) is 1. The van der Waals surface area contributed by atoms with E-state index in [0.29, 0.717) is 18.6 Å². The predicted octanol–water partition coefficient (Wildman–Crippen LogP) is 1.02. The molecule has 0 aromatic heterocycles. The number of benzene rings is 1. The Kier molecular flexibility index (Phi) is 3.64. The zero-order chi connectivity index (χ0) is 12.3. The summed E-state index contributed by atoms with van der Waals surface area (Å²) in [5.74, 6) is 1.08. The number of nitrogens with two attached hydrogens (primary N) is 1. The Morgan fingerprint density at radius 1 is 1.53 bits per heavy atom. The van der Waals surface area contributed by atoms with Crippen LogP contribution in [0.3, 0.4) is 0 Å². The molecule has 0 spiro atoms. The lowest BCUT2D eigenvalue weighted by Gasteiger charge is -2.09. The van der Waals surface area contributed by atoms with Crippen LogP contribution < -0.4 is 15.8 Å². The summed E-state index contributed by atoms with van der Waals surface area (Å²) in [4.78, 5) is 10.7. The van der Waals surface area contributed by atoms with Crippen molar-refractivity contribution in [1.29, 1.82) is 0 Å². The molecule has 0 aliphatic heterocycles. The fourth-order valence-electron chi connectivity index (χ4n) is 2.07. The number of primary amides is 1. The van der Waals surface area contributed by atoms with E-state index in [2.05, 4.69) is 11.4 Å². The lowest BCUT2D eigenvalue weighted by atomic mass is 10.1. The summed E-state index contributed by atoms with van der Waals surface area (Å²) in [6.45, 7) is 2.90. The third-order valence-electron chi connectivity index (χ3n) is 2.95. The van der Waals surface area contributed by atoms with Crippen LogP contribution >= 0.6 is 0 Å². The van der Waals surface area contributed by atoms with Gasteiger partial charge in [0.2, 0.25) is 5.91 Å². The van der Waals surface area contributed by atoms with Crippen LogP contribution in [0.25, 0.3) is 0 Å². The summed E-state index contributed by atoms with van der Waals surface area (Å²) >= 11 is 0. The van der Waals surface area contributed by atoms with Crippen molar-refractivity contribution < 1.29 is 9.53 Å². The molecule has 1 saturated carbocycles. The van der Waals surface area contributed by atoms with Crippen molar-refractivity contribution in [1.82, 2.24) is 5.32 Å². The maximum atomic E-state index is 10.7. The van der Waals surface area contributed by atoms with Crippen LogP contribution in [0.4, 0.5) is 0 Å². The zero-order valence-electron chi connectivity index (χ0n) is 9.98. The topological polar surface area (TPSA) is 64.3 Å². The minimum Gasteiger partial charge on any atom is -0.494 e. The van der Waals surface area contributed by atoms with E-state index in [4.69, 9.17) is 10.5 Å². The van der Waals surface area contributed by atoms with Crippen molar-refractivity contribution in [2.45, 2.75) is 25.3 Å². The summed E-state index contributed by atoms with van der Waals surface area (Å²) < 4.78 is 5.59. The van der Waals surface area contributed by atoms with E-state index < -0.39 is 0 Å². The van der Waals surface area contributed by atoms with E-state index in [1.165, 1.54) is 5.56 Å². The molecule has 2 unspecified atom stereocenters. The highest BCUT2D eigenvalue weighted by Crippen LogP contribution is 2.44. The van der Waals surface area contributed by atoms with Crippen molar-refractivity contribution >= 4 is 5.91 Å². The minimum atomic E-state index is -0.311. The van der Waals surface area contributed by atoms with E-state index in [0.717, 1.165) is 12.2 Å². The molecular formula is C13H18N2O2. The van der Waals surface area contributed by atoms with Gasteiger partial charge in [-0.05, 0) is 25.0 Å². The molecule has 4 heteroatoms. The normalized spacial score (nSPS) is 22.2. The molecule has 0 saturated heterocycles. The summed E-state index contributed by atoms with van der Waals surface area (Å²) in [5.41, 5.74) is 6.32. The van der Waals surface area contributed by atoms with Gasteiger partial charge >= 0.3 is 0 Å². The van der Waals surface area contributed by atoms with Gasteiger partial charge in [0.25, 0.3) is 0 Å². The Labute approximate surface area is 101 Å². The Balaban J connectivity index is 1.97. The fraction of sp³-hybridized carbons (Fsp3) is 0.462. The molecule has 1 aliphatic carbocycles. The van der Waals surface area contributed by atoms with Gasteiger partial charge in [0.05, 0.1) is 13.2 Å². The summed E-state index contributed by atoms with van der Waals surface area (Å²) in [7, 11) is 0. The molecule has 0 bridgehead atoms. The molecule has 92 valence electrons. The first-order valence-electron chi connectivity index (χ1n) is 5.95. The quantitative estimate of drug-likeness (QED) is 0.772. The molecule has 0 radical (unpaired) electrons. The molecule has 1 aliphatic rings. The molecule has 0 heterocycles. The molecule has 1 amide bonds. The van der Waals surface area contributed by atoms with Crippen LogP contribution in [0.2, 0.25) is 0 Å². The van der Waals surface area contributed by atoms with E-state index in [1.54, 1.807) is 0 Å². The van der Waals surface area contributed by atoms with Crippen LogP contribution in [0.15, 0.2) is 24.3 Å². The van der Waals surface area contributed by atoms with Crippen molar-refractivity contribution in [2.75, 3.05) is 13.2 Å². The number of carbonyl (C=O) groups excluding carboxylic acids is 1. The first kappa shape index (κ1) is 11.9. The van der Waals surface area contributed by atoms with Crippen molar-refractivity contribution in [3.63, 3.8) is 0 Å². The fourth-order valence-corrected chi connectivity index (χ4v) is 2.07. The molecule has 1 fully saturated rings. The highest BCUT2D eigenvalue weighted by atomic mass is 16.5. The summed E-state index contributed by atoms with van der Waals surface area (Å²) in [6, 6.07) is 8.41. The third-order valence-corrected chi connectivity index (χ3v) is 2.95. The second-order valence-electron chi connectivity index (χ2n) is 4.27. The molecule has 3 N–H and O–H groups in total. The summed E-state index contributed by atoms with van der Waals surface area (Å²) in [6.07, 6.45) is 1.04. The monoisotopic (exact) mass is 234 g/mol. The summed E-state index contributed by atoms with van der Waals surface area (Å²) in [5, 5.41) is 3.14. The lowest BCUT2D eigenvalue weighted by Crippen LogP contribution is -2.30. The smallest absolute Gasteiger partial charge is 0.231 e. The third kappa shape index (κ3) is 2.97. The number of hydrogen-bond acceptors (Lipinski definition) is 3. The van der Waals surface area contributed by atoms with Gasteiger partial charge in [0.15, 0.2) is 0 Å². The Bertz CT molecular complexity index is 406. The highest BCUT2D eigenvalue weighted by molar-refractivity contribution is 5.76. The molecule has 1 aromatic carbocycles. The van der Waals surface area contributed by atoms with Crippen LogP contribution in [0, 0.1) is 0 Å². The van der Waals surface area contributed by atoms with Gasteiger partial charge in [-0.25, -0.2) is 0 Å². The number of rotatable bonds is 6. The SMILES string of the molecule is CCOc1ccccc1C1CC1NCC(N)=O. The van der Waals surface area contributed by atoms with E-state index in [1.807, 2.05) is 25.1 Å². The standard InChI is InChI=1S/C13H18N2O2/c1-2-17-12-6-4-3-5-9(12)10-7-11(10)15-8-13(14)16/h3-6,10-11,15H,2,7-8H2,1H3,(H2,14,16). The van der Waals surface area contributed by atoms with Crippen molar-refractivity contribution in [3.8, 4) is 5.75 Å². The number of hydrogen-bond donors (Lipinski definition) is 2. The van der Waals surface area contributed by atoms with Gasteiger partial charge in [0, 0.05) is 12.0 Å². The average molecular weight is 234 g/mol. The maximum absolute atomic E-state index is 10.7. The van der Waals surface area contributed by atoms with Crippen LogP contribution in [0.1, 0.15) is 24.8 Å². The van der Waals surface area contributed by atoms with E-state index in [-0.39, 0.29) is 12.5 Å². The largest absolute Gasteiger partial charge is 0.494 e. The van der Waals surface area contributed by atoms with Crippen LogP contribution in [-0.2, 0) is 4.79 Å². The minimum absolute atomic E-state index is 0.248. The lowest BCUT2D eigenvalue weighted by molar-refractivity contribution is -0.117. The number of carbonyl (C=O) groups is 1. The van der Waals surface area contributed by atoms with Gasteiger partial charge in [-0.3, -0.25) is 4.79 Å². The van der Waals surface area contributed by atoms with E-state index >= 15 is 0 Å². The number of amides is 1. The van der Waals surface area contributed by atoms with Crippen molar-refractivity contribution in [2.24, 2.45) is 5.73 Å². The van der Waals surface area contributed by atoms with E-state index in [9.17, 15) is 4.79 Å². The Morgan fingerprint density at radius 3 is 3.00 bits per heavy atom. The first-order chi connectivity index (χ1) is 8.22. The maximum Gasteiger partial charge on any atom is 0.231 e. The van der Waals surface area contributed by atoms with Gasteiger partial charge in [-0.15, -0.1) is 0 Å². The Morgan fingerprint density at radius 2 is 2.29 bits per heavy atom. The van der Waals surface area contributed by atoms with Crippen LogP contribution in [-0.4, -0.2) is 25.1 Å². The molecule has 17 heavy (non-hydrogen) atoms. The Hall–Kier alpha value is -1.55. The van der Waals surface area contributed by atoms with Gasteiger partial charge in [0.1, 0.15) is 5.75 Å². The molecule has 4 nitrogen and oxygen atoms in total. The highest BCUT2D eigenvalue weighted by Gasteiger charge is 2.39. The van der Waals surface area contributed by atoms with Gasteiger partial charge in [-0.2, -0.15) is 0 Å². The van der Waals surface area contributed by atoms with Crippen LogP contribution in [0.5, 0.6) is 5.75 Å². The average Bonchev–Trinajstić information content (AvgIpc) is 3.07. The molecule has 2 rings (SSSR count). The van der Waals surface area contributed by atoms with Crippen molar-refractivity contribution in [3.05, 3.63) is 29.8 Å². The first-order valence-corrected chi connectivity index (χ1v) is 5.95. The van der Waals surface area contributed by atoms with Gasteiger partial charge in [-0.1, -0.05) is 18.2 Å². The second kappa shape index (κ2) is 5.19. The zero-order valence-corrected chi connectivity index (χ0v) is 9.98. The number of para-hydroxylation sites is 1. The second-order valence-corrected chi connectivity index (χ2v) is 4.27. The molecule has 1 aromatic rings.